The van der Waals surface area contributed by atoms with E-state index in [-0.39, 0.29) is 26.5 Å². The third-order valence-electron chi connectivity index (χ3n) is 3.52. The van der Waals surface area contributed by atoms with Crippen molar-refractivity contribution in [2.24, 2.45) is 0 Å². The van der Waals surface area contributed by atoms with Crippen LogP contribution >= 0.6 is 11.6 Å². The van der Waals surface area contributed by atoms with E-state index < -0.39 is 25.9 Å². The fraction of sp³-hybridized carbons (Fsp3) is 0.200. The Balaban J connectivity index is 1.92. The van der Waals surface area contributed by atoms with Gasteiger partial charge in [0, 0.05) is 6.04 Å². The first kappa shape index (κ1) is 18.1. The third-order valence-corrected chi connectivity index (χ3v) is 6.69. The van der Waals surface area contributed by atoms with Crippen LogP contribution in [0.15, 0.2) is 52.3 Å². The Morgan fingerprint density at radius 1 is 0.960 bits per heavy atom. The predicted octanol–water partition coefficient (Wildman–Crippen LogP) is 2.72. The highest BCUT2D eigenvalue weighted by molar-refractivity contribution is 7.93. The average molecular weight is 405 g/mol. The molecule has 2 aromatic carbocycles. The topological polar surface area (TPSA) is 92.3 Å². The van der Waals surface area contributed by atoms with Crippen molar-refractivity contribution in [2.45, 2.75) is 28.7 Å². The molecule has 1 fully saturated rings. The Hall–Kier alpha value is -1.68. The predicted molar refractivity (Wildman–Crippen MR) is 92.0 cm³/mol. The van der Waals surface area contributed by atoms with Crippen molar-refractivity contribution in [3.05, 3.63) is 53.3 Å². The van der Waals surface area contributed by atoms with Crippen LogP contribution in [0.2, 0.25) is 5.02 Å². The van der Waals surface area contributed by atoms with Crippen molar-refractivity contribution in [2.75, 3.05) is 4.72 Å². The summed E-state index contributed by atoms with van der Waals surface area (Å²) in [7, 11) is -7.99. The molecule has 2 aromatic rings. The maximum atomic E-state index is 13.9. The van der Waals surface area contributed by atoms with Crippen LogP contribution in [0, 0.1) is 5.82 Å². The minimum Gasteiger partial charge on any atom is -0.277 e. The van der Waals surface area contributed by atoms with Gasteiger partial charge in [-0.3, -0.25) is 4.72 Å². The molecule has 0 radical (unpaired) electrons. The summed E-state index contributed by atoms with van der Waals surface area (Å²) in [6.07, 6.45) is 1.51. The highest BCUT2D eigenvalue weighted by Crippen LogP contribution is 2.26. The van der Waals surface area contributed by atoms with Crippen LogP contribution in [-0.2, 0) is 20.0 Å². The number of sulfonamides is 2. The molecular formula is C15H14ClFN2O4S2. The molecule has 0 amide bonds. The summed E-state index contributed by atoms with van der Waals surface area (Å²) in [5, 5.41) is -0.231. The molecule has 0 heterocycles. The van der Waals surface area contributed by atoms with Gasteiger partial charge < -0.3 is 0 Å². The second-order valence-corrected chi connectivity index (χ2v) is 9.38. The number of halogens is 2. The molecule has 0 spiro atoms. The molecule has 0 aromatic heterocycles. The zero-order chi connectivity index (χ0) is 18.2. The van der Waals surface area contributed by atoms with Gasteiger partial charge in [0.05, 0.1) is 20.5 Å². The molecule has 3 rings (SSSR count). The largest absolute Gasteiger partial charge is 0.277 e. The van der Waals surface area contributed by atoms with Crippen molar-refractivity contribution < 1.29 is 21.2 Å². The van der Waals surface area contributed by atoms with E-state index in [0.717, 1.165) is 18.9 Å². The van der Waals surface area contributed by atoms with E-state index >= 15 is 0 Å². The summed E-state index contributed by atoms with van der Waals surface area (Å²) in [6.45, 7) is 0. The van der Waals surface area contributed by atoms with Crippen molar-refractivity contribution in [3.63, 3.8) is 0 Å². The Labute approximate surface area is 150 Å². The van der Waals surface area contributed by atoms with E-state index in [4.69, 9.17) is 11.6 Å². The fourth-order valence-corrected chi connectivity index (χ4v) is 4.79. The highest BCUT2D eigenvalue weighted by Gasteiger charge is 2.29. The fourth-order valence-electron chi connectivity index (χ4n) is 2.08. The monoisotopic (exact) mass is 404 g/mol. The first-order chi connectivity index (χ1) is 11.7. The van der Waals surface area contributed by atoms with Crippen LogP contribution in [0.5, 0.6) is 0 Å². The van der Waals surface area contributed by atoms with Gasteiger partial charge in [-0.2, -0.15) is 0 Å². The van der Waals surface area contributed by atoms with Gasteiger partial charge in [0.25, 0.3) is 10.0 Å². The lowest BCUT2D eigenvalue weighted by Crippen LogP contribution is -2.26. The number of hydrogen-bond acceptors (Lipinski definition) is 4. The minimum atomic E-state index is -4.19. The number of hydrogen-bond donors (Lipinski definition) is 2. The molecule has 6 nitrogen and oxygen atoms in total. The lowest BCUT2D eigenvalue weighted by Gasteiger charge is -2.11. The molecule has 0 aliphatic heterocycles. The molecule has 25 heavy (non-hydrogen) atoms. The van der Waals surface area contributed by atoms with Crippen LogP contribution in [0.4, 0.5) is 10.1 Å². The molecule has 0 unspecified atom stereocenters. The summed E-state index contributed by atoms with van der Waals surface area (Å²) in [5.74, 6) is -0.910. The van der Waals surface area contributed by atoms with Crippen molar-refractivity contribution in [1.82, 2.24) is 4.72 Å². The minimum absolute atomic E-state index is 0.107. The first-order valence-corrected chi connectivity index (χ1v) is 10.6. The van der Waals surface area contributed by atoms with Gasteiger partial charge in [-0.15, -0.1) is 0 Å². The zero-order valence-electron chi connectivity index (χ0n) is 12.7. The molecule has 1 aliphatic carbocycles. The summed E-state index contributed by atoms with van der Waals surface area (Å²) >= 11 is 5.63. The smallest absolute Gasteiger partial charge is 0.262 e. The first-order valence-electron chi connectivity index (χ1n) is 7.28. The molecule has 0 atom stereocenters. The van der Waals surface area contributed by atoms with Crippen molar-refractivity contribution >= 4 is 37.3 Å². The van der Waals surface area contributed by atoms with E-state index in [9.17, 15) is 21.2 Å². The number of nitrogens with one attached hydrogen (secondary N) is 2. The van der Waals surface area contributed by atoms with E-state index in [1.165, 1.54) is 36.4 Å². The standard InChI is InChI=1S/C15H14ClFN2O4S2/c16-13-5-2-6-14(15(13)17)19-25(22,23)12-4-1-3-11(9-12)24(20,21)18-10-7-8-10/h1-6,9-10,18-19H,7-8H2. The molecule has 0 bridgehead atoms. The number of anilines is 1. The normalized spacial score (nSPS) is 15.1. The Bertz CT molecular complexity index is 1020. The Kier molecular flexibility index (Phi) is 4.76. The van der Waals surface area contributed by atoms with Crippen molar-refractivity contribution in [3.8, 4) is 0 Å². The van der Waals surface area contributed by atoms with Gasteiger partial charge in [0.2, 0.25) is 10.0 Å². The van der Waals surface area contributed by atoms with Gasteiger partial charge in [-0.1, -0.05) is 23.7 Å². The molecule has 0 saturated heterocycles. The van der Waals surface area contributed by atoms with Gasteiger partial charge in [0.15, 0.2) is 5.82 Å². The van der Waals surface area contributed by atoms with E-state index in [0.29, 0.717) is 0 Å². The third kappa shape index (κ3) is 4.12. The number of benzene rings is 2. The number of rotatable bonds is 6. The highest BCUT2D eigenvalue weighted by atomic mass is 35.5. The average Bonchev–Trinajstić information content (AvgIpc) is 3.35. The van der Waals surface area contributed by atoms with E-state index in [2.05, 4.69) is 9.44 Å². The summed E-state index contributed by atoms with van der Waals surface area (Å²) in [6, 6.07) is 8.64. The summed E-state index contributed by atoms with van der Waals surface area (Å²) in [5.41, 5.74) is -0.322. The van der Waals surface area contributed by atoms with Gasteiger partial charge >= 0.3 is 0 Å². The van der Waals surface area contributed by atoms with E-state index in [1.54, 1.807) is 0 Å². The van der Waals surface area contributed by atoms with Crippen LogP contribution < -0.4 is 9.44 Å². The van der Waals surface area contributed by atoms with Gasteiger partial charge in [0.1, 0.15) is 0 Å². The van der Waals surface area contributed by atoms with E-state index in [1.807, 2.05) is 0 Å². The Morgan fingerprint density at radius 3 is 2.20 bits per heavy atom. The lowest BCUT2D eigenvalue weighted by molar-refractivity contribution is 0.580. The maximum absolute atomic E-state index is 13.9. The van der Waals surface area contributed by atoms with Crippen molar-refractivity contribution in [1.29, 1.82) is 0 Å². The van der Waals surface area contributed by atoms with Gasteiger partial charge in [-0.25, -0.2) is 25.9 Å². The van der Waals surface area contributed by atoms with Crippen LogP contribution in [0.3, 0.4) is 0 Å². The maximum Gasteiger partial charge on any atom is 0.262 e. The SMILES string of the molecule is O=S(=O)(Nc1cccc(Cl)c1F)c1cccc(S(=O)(=O)NC2CC2)c1. The molecule has 1 saturated carbocycles. The molecule has 2 N–H and O–H groups in total. The summed E-state index contributed by atoms with van der Waals surface area (Å²) in [4.78, 5) is -0.473. The quantitative estimate of drug-likeness (QED) is 0.774. The lowest BCUT2D eigenvalue weighted by atomic mass is 10.3. The van der Waals surface area contributed by atoms with Crippen LogP contribution in [-0.4, -0.2) is 22.9 Å². The van der Waals surface area contributed by atoms with Crippen LogP contribution in [0.1, 0.15) is 12.8 Å². The molecule has 10 heteroatoms. The van der Waals surface area contributed by atoms with Gasteiger partial charge in [-0.05, 0) is 43.2 Å². The molecular weight excluding hydrogens is 391 g/mol. The zero-order valence-corrected chi connectivity index (χ0v) is 15.1. The second kappa shape index (κ2) is 6.56. The second-order valence-electron chi connectivity index (χ2n) is 5.58. The summed E-state index contributed by atoms with van der Waals surface area (Å²) < 4.78 is 67.8. The van der Waals surface area contributed by atoms with Crippen LogP contribution in [0.25, 0.3) is 0 Å². The molecule has 1 aliphatic rings. The Morgan fingerprint density at radius 2 is 1.56 bits per heavy atom. The molecule has 134 valence electrons.